The van der Waals surface area contributed by atoms with Crippen LogP contribution in [0.15, 0.2) is 39.5 Å². The fraction of sp³-hybridized carbons (Fsp3) is 0.375. The zero-order valence-electron chi connectivity index (χ0n) is 11.6. The third-order valence-electron chi connectivity index (χ3n) is 4.10. The molecule has 3 rings (SSSR count). The van der Waals surface area contributed by atoms with Crippen LogP contribution in [0.3, 0.4) is 0 Å². The number of hydrogen-bond acceptors (Lipinski definition) is 4. The van der Waals surface area contributed by atoms with Gasteiger partial charge in [0.2, 0.25) is 0 Å². The molecule has 0 bridgehead atoms. The highest BCUT2D eigenvalue weighted by Gasteiger charge is 2.35. The van der Waals surface area contributed by atoms with Crippen molar-refractivity contribution in [2.75, 3.05) is 6.61 Å². The van der Waals surface area contributed by atoms with Crippen molar-refractivity contribution in [3.8, 4) is 0 Å². The van der Waals surface area contributed by atoms with Gasteiger partial charge in [0, 0.05) is 6.07 Å². The zero-order chi connectivity index (χ0) is 14.9. The second kappa shape index (κ2) is 5.33. The highest BCUT2D eigenvalue weighted by Crippen LogP contribution is 2.29. The van der Waals surface area contributed by atoms with E-state index in [1.54, 1.807) is 24.3 Å². The summed E-state index contributed by atoms with van der Waals surface area (Å²) in [5.74, 6) is -0.466. The smallest absolute Gasteiger partial charge is 0.287 e. The van der Waals surface area contributed by atoms with Gasteiger partial charge < -0.3 is 14.8 Å². The van der Waals surface area contributed by atoms with Crippen LogP contribution in [0.2, 0.25) is 0 Å². The first-order chi connectivity index (χ1) is 10.1. The number of rotatable bonds is 3. The quantitative estimate of drug-likeness (QED) is 0.902. The summed E-state index contributed by atoms with van der Waals surface area (Å²) in [4.78, 5) is 24.3. The molecule has 1 amide bonds. The summed E-state index contributed by atoms with van der Waals surface area (Å²) in [6, 6.07) is 8.02. The number of carbonyl (C=O) groups is 1. The predicted octanol–water partition coefficient (Wildman–Crippen LogP) is 1.83. The number of carbonyl (C=O) groups excluding carboxylic acids is 1. The van der Waals surface area contributed by atoms with E-state index in [9.17, 15) is 14.7 Å². The molecule has 5 heteroatoms. The van der Waals surface area contributed by atoms with Gasteiger partial charge in [0.25, 0.3) is 5.91 Å². The summed E-state index contributed by atoms with van der Waals surface area (Å²) < 4.78 is 5.51. The van der Waals surface area contributed by atoms with E-state index in [0.717, 1.165) is 25.7 Å². The lowest BCUT2D eigenvalue weighted by molar-refractivity contribution is 0.0811. The Balaban J connectivity index is 1.93. The van der Waals surface area contributed by atoms with E-state index >= 15 is 0 Å². The number of para-hydroxylation sites is 1. The molecule has 0 spiro atoms. The number of hydrogen-bond donors (Lipinski definition) is 2. The molecule has 1 aliphatic carbocycles. The van der Waals surface area contributed by atoms with Crippen LogP contribution in [0, 0.1) is 0 Å². The molecule has 0 unspecified atom stereocenters. The van der Waals surface area contributed by atoms with Gasteiger partial charge >= 0.3 is 0 Å². The minimum atomic E-state index is -0.582. The van der Waals surface area contributed by atoms with Crippen LogP contribution in [0.4, 0.5) is 0 Å². The summed E-state index contributed by atoms with van der Waals surface area (Å²) in [6.45, 7) is -0.101. The topological polar surface area (TPSA) is 79.5 Å². The van der Waals surface area contributed by atoms with Crippen molar-refractivity contribution in [1.82, 2.24) is 5.32 Å². The molecule has 5 nitrogen and oxygen atoms in total. The first-order valence-corrected chi connectivity index (χ1v) is 7.10. The summed E-state index contributed by atoms with van der Waals surface area (Å²) in [5.41, 5.74) is -0.438. The number of fused-ring (bicyclic) bond motifs is 1. The molecule has 0 aliphatic heterocycles. The lowest BCUT2D eigenvalue weighted by Crippen LogP contribution is -2.49. The molecule has 21 heavy (non-hydrogen) atoms. The fourth-order valence-electron chi connectivity index (χ4n) is 2.89. The summed E-state index contributed by atoms with van der Waals surface area (Å²) in [7, 11) is 0. The summed E-state index contributed by atoms with van der Waals surface area (Å²) in [6.07, 6.45) is 3.44. The van der Waals surface area contributed by atoms with Gasteiger partial charge in [0.1, 0.15) is 5.58 Å². The van der Waals surface area contributed by atoms with Gasteiger partial charge in [-0.3, -0.25) is 9.59 Å². The first-order valence-electron chi connectivity index (χ1n) is 7.10. The molecule has 0 radical (unpaired) electrons. The van der Waals surface area contributed by atoms with Crippen LogP contribution in [-0.4, -0.2) is 23.2 Å². The minimum absolute atomic E-state index is 0.0153. The average molecular weight is 287 g/mol. The van der Waals surface area contributed by atoms with Crippen molar-refractivity contribution >= 4 is 16.9 Å². The largest absolute Gasteiger partial charge is 0.451 e. The Bertz CT molecular complexity index is 728. The molecular weight excluding hydrogens is 270 g/mol. The van der Waals surface area contributed by atoms with Crippen molar-refractivity contribution in [1.29, 1.82) is 0 Å². The summed E-state index contributed by atoms with van der Waals surface area (Å²) >= 11 is 0. The van der Waals surface area contributed by atoms with Crippen molar-refractivity contribution in [3.05, 3.63) is 46.3 Å². The number of aliphatic hydroxyl groups is 1. The number of benzene rings is 1. The lowest BCUT2D eigenvalue weighted by atomic mass is 9.99. The minimum Gasteiger partial charge on any atom is -0.451 e. The molecule has 110 valence electrons. The molecule has 1 aromatic carbocycles. The van der Waals surface area contributed by atoms with E-state index in [2.05, 4.69) is 5.32 Å². The van der Waals surface area contributed by atoms with Gasteiger partial charge in [-0.25, -0.2) is 0 Å². The van der Waals surface area contributed by atoms with Crippen LogP contribution in [0.25, 0.3) is 11.0 Å². The van der Waals surface area contributed by atoms with Crippen LogP contribution < -0.4 is 10.7 Å². The number of amides is 1. The molecule has 1 fully saturated rings. The van der Waals surface area contributed by atoms with Crippen LogP contribution in [-0.2, 0) is 0 Å². The Kier molecular flexibility index (Phi) is 3.51. The van der Waals surface area contributed by atoms with Crippen LogP contribution in [0.1, 0.15) is 36.2 Å². The van der Waals surface area contributed by atoms with Gasteiger partial charge in [-0.2, -0.15) is 0 Å². The Morgan fingerprint density at radius 1 is 1.29 bits per heavy atom. The zero-order valence-corrected chi connectivity index (χ0v) is 11.6. The second-order valence-electron chi connectivity index (χ2n) is 5.57. The van der Waals surface area contributed by atoms with Crippen molar-refractivity contribution in [2.24, 2.45) is 0 Å². The van der Waals surface area contributed by atoms with Crippen LogP contribution >= 0.6 is 0 Å². The standard InChI is InChI=1S/C16H17NO4/c18-10-16(7-3-4-8-16)17-15(20)14-9-12(19)11-5-1-2-6-13(11)21-14/h1-2,5-6,9,18H,3-4,7-8,10H2,(H,17,20). The normalized spacial score (nSPS) is 17.0. The number of aliphatic hydroxyl groups excluding tert-OH is 1. The Morgan fingerprint density at radius 2 is 2.00 bits per heavy atom. The molecule has 1 aliphatic rings. The van der Waals surface area contributed by atoms with E-state index in [4.69, 9.17) is 4.42 Å². The Hall–Kier alpha value is -2.14. The molecule has 0 atom stereocenters. The van der Waals surface area contributed by atoms with E-state index in [1.165, 1.54) is 6.07 Å². The molecule has 1 saturated carbocycles. The maximum Gasteiger partial charge on any atom is 0.287 e. The van der Waals surface area contributed by atoms with E-state index in [0.29, 0.717) is 11.0 Å². The highest BCUT2D eigenvalue weighted by atomic mass is 16.3. The van der Waals surface area contributed by atoms with Gasteiger partial charge in [-0.05, 0) is 25.0 Å². The molecule has 2 aromatic rings. The number of nitrogens with one attached hydrogen (secondary N) is 1. The summed E-state index contributed by atoms with van der Waals surface area (Å²) in [5, 5.41) is 12.8. The van der Waals surface area contributed by atoms with E-state index < -0.39 is 11.4 Å². The molecule has 1 heterocycles. The monoisotopic (exact) mass is 287 g/mol. The molecular formula is C16H17NO4. The highest BCUT2D eigenvalue weighted by molar-refractivity contribution is 5.93. The Labute approximate surface area is 121 Å². The maximum absolute atomic E-state index is 12.3. The van der Waals surface area contributed by atoms with Gasteiger partial charge in [-0.15, -0.1) is 0 Å². The predicted molar refractivity (Wildman–Crippen MR) is 78.2 cm³/mol. The average Bonchev–Trinajstić information content (AvgIpc) is 2.96. The third-order valence-corrected chi connectivity index (χ3v) is 4.10. The van der Waals surface area contributed by atoms with E-state index in [-0.39, 0.29) is 17.8 Å². The molecule has 1 aromatic heterocycles. The van der Waals surface area contributed by atoms with E-state index in [1.807, 2.05) is 0 Å². The maximum atomic E-state index is 12.3. The van der Waals surface area contributed by atoms with Gasteiger partial charge in [-0.1, -0.05) is 25.0 Å². The lowest BCUT2D eigenvalue weighted by Gasteiger charge is -2.27. The van der Waals surface area contributed by atoms with Crippen molar-refractivity contribution in [3.63, 3.8) is 0 Å². The van der Waals surface area contributed by atoms with Crippen molar-refractivity contribution < 1.29 is 14.3 Å². The fourth-order valence-corrected chi connectivity index (χ4v) is 2.89. The second-order valence-corrected chi connectivity index (χ2v) is 5.57. The van der Waals surface area contributed by atoms with Gasteiger partial charge in [0.15, 0.2) is 11.2 Å². The van der Waals surface area contributed by atoms with Gasteiger partial charge in [0.05, 0.1) is 17.5 Å². The third kappa shape index (κ3) is 2.56. The SMILES string of the molecule is O=C(NC1(CO)CCCC1)c1cc(=O)c2ccccc2o1. The molecule has 0 saturated heterocycles. The van der Waals surface area contributed by atoms with Crippen LogP contribution in [0.5, 0.6) is 0 Å². The van der Waals surface area contributed by atoms with Crippen molar-refractivity contribution in [2.45, 2.75) is 31.2 Å². The first kappa shape index (κ1) is 13.8. The Morgan fingerprint density at radius 3 is 2.71 bits per heavy atom. The molecule has 2 N–H and O–H groups in total.